The first kappa shape index (κ1) is 14.1. The molecule has 0 saturated heterocycles. The van der Waals surface area contributed by atoms with E-state index in [0.29, 0.717) is 5.56 Å². The summed E-state index contributed by atoms with van der Waals surface area (Å²) in [4.78, 5) is 22.4. The molecular formula is C14H17NO3. The Bertz CT molecular complexity index is 472. The molecule has 0 amide bonds. The molecule has 0 radical (unpaired) electrons. The van der Waals surface area contributed by atoms with Crippen molar-refractivity contribution >= 4 is 17.7 Å². The Morgan fingerprint density at radius 2 is 2.11 bits per heavy atom. The lowest BCUT2D eigenvalue weighted by molar-refractivity contribution is -0.153. The van der Waals surface area contributed by atoms with Crippen LogP contribution in [0.4, 0.5) is 5.69 Å². The zero-order valence-corrected chi connectivity index (χ0v) is 10.9. The summed E-state index contributed by atoms with van der Waals surface area (Å²) in [6, 6.07) is 5.07. The third-order valence-electron chi connectivity index (χ3n) is 2.20. The standard InChI is InChI=1S/C14H17NO3/c1-5-10-6-7-11(12(8-10)15-17)9-13(16)18-14(2,3)4/h5-8H,1,9H2,2-4H3. The van der Waals surface area contributed by atoms with E-state index in [4.69, 9.17) is 4.74 Å². The molecule has 4 heteroatoms. The number of nitroso groups, excluding NO2 is 1. The predicted octanol–water partition coefficient (Wildman–Crippen LogP) is 3.61. The smallest absolute Gasteiger partial charge is 0.310 e. The predicted molar refractivity (Wildman–Crippen MR) is 71.5 cm³/mol. The molecule has 0 aliphatic rings. The number of hydrogen-bond donors (Lipinski definition) is 0. The molecule has 0 spiro atoms. The summed E-state index contributed by atoms with van der Waals surface area (Å²) in [6.45, 7) is 9.00. The van der Waals surface area contributed by atoms with Gasteiger partial charge in [-0.05, 0) is 43.1 Å². The lowest BCUT2D eigenvalue weighted by Gasteiger charge is -2.19. The van der Waals surface area contributed by atoms with Crippen molar-refractivity contribution in [3.05, 3.63) is 40.8 Å². The number of carbonyl (C=O) groups is 1. The van der Waals surface area contributed by atoms with Crippen molar-refractivity contribution in [3.63, 3.8) is 0 Å². The van der Waals surface area contributed by atoms with Gasteiger partial charge in [0, 0.05) is 0 Å². The molecule has 96 valence electrons. The van der Waals surface area contributed by atoms with Gasteiger partial charge in [-0.2, -0.15) is 0 Å². The van der Waals surface area contributed by atoms with Gasteiger partial charge >= 0.3 is 5.97 Å². The first-order chi connectivity index (χ1) is 8.35. The molecule has 0 aliphatic heterocycles. The quantitative estimate of drug-likeness (QED) is 0.603. The molecule has 1 aromatic carbocycles. The number of ether oxygens (including phenoxy) is 1. The highest BCUT2D eigenvalue weighted by molar-refractivity contribution is 5.75. The van der Waals surface area contributed by atoms with Gasteiger partial charge in [-0.25, -0.2) is 0 Å². The Labute approximate surface area is 107 Å². The fraction of sp³-hybridized carbons (Fsp3) is 0.357. The van der Waals surface area contributed by atoms with Crippen molar-refractivity contribution in [1.82, 2.24) is 0 Å². The van der Waals surface area contributed by atoms with Crippen LogP contribution in [0.15, 0.2) is 30.0 Å². The molecule has 0 bridgehead atoms. The minimum atomic E-state index is -0.535. The molecule has 0 saturated carbocycles. The average Bonchev–Trinajstić information content (AvgIpc) is 2.27. The van der Waals surface area contributed by atoms with Crippen LogP contribution in [0.2, 0.25) is 0 Å². The second-order valence-corrected chi connectivity index (χ2v) is 4.95. The van der Waals surface area contributed by atoms with Crippen LogP contribution in [0, 0.1) is 4.91 Å². The molecule has 0 heterocycles. The first-order valence-corrected chi connectivity index (χ1v) is 5.66. The molecule has 4 nitrogen and oxygen atoms in total. The SMILES string of the molecule is C=Cc1ccc(CC(=O)OC(C)(C)C)c(N=O)c1. The van der Waals surface area contributed by atoms with Gasteiger partial charge in [-0.15, -0.1) is 4.91 Å². The number of rotatable bonds is 4. The fourth-order valence-electron chi connectivity index (χ4n) is 1.48. The average molecular weight is 247 g/mol. The summed E-state index contributed by atoms with van der Waals surface area (Å²) in [5.74, 6) is -0.376. The zero-order chi connectivity index (χ0) is 13.8. The van der Waals surface area contributed by atoms with E-state index >= 15 is 0 Å². The highest BCUT2D eigenvalue weighted by Crippen LogP contribution is 2.23. The van der Waals surface area contributed by atoms with Crippen LogP contribution < -0.4 is 0 Å². The van der Waals surface area contributed by atoms with E-state index < -0.39 is 5.60 Å². The van der Waals surface area contributed by atoms with E-state index in [9.17, 15) is 9.70 Å². The Balaban J connectivity index is 2.87. The van der Waals surface area contributed by atoms with Gasteiger partial charge in [-0.3, -0.25) is 4.79 Å². The molecule has 1 rings (SSSR count). The van der Waals surface area contributed by atoms with Crippen LogP contribution in [0.1, 0.15) is 31.9 Å². The maximum atomic E-state index is 11.7. The van der Waals surface area contributed by atoms with E-state index in [-0.39, 0.29) is 18.1 Å². The summed E-state index contributed by atoms with van der Waals surface area (Å²) in [5, 5.41) is 2.92. The zero-order valence-electron chi connectivity index (χ0n) is 10.9. The summed E-state index contributed by atoms with van der Waals surface area (Å²) >= 11 is 0. The van der Waals surface area contributed by atoms with Gasteiger partial charge in [0.15, 0.2) is 0 Å². The summed E-state index contributed by atoms with van der Waals surface area (Å²) in [6.07, 6.45) is 1.65. The Morgan fingerprint density at radius 1 is 1.44 bits per heavy atom. The summed E-state index contributed by atoms with van der Waals surface area (Å²) < 4.78 is 5.19. The second kappa shape index (κ2) is 5.58. The van der Waals surface area contributed by atoms with Gasteiger partial charge < -0.3 is 4.74 Å². The van der Waals surface area contributed by atoms with E-state index in [2.05, 4.69) is 11.8 Å². The van der Waals surface area contributed by atoms with Crippen molar-refractivity contribution in [2.75, 3.05) is 0 Å². The van der Waals surface area contributed by atoms with Gasteiger partial charge in [-0.1, -0.05) is 24.8 Å². The monoisotopic (exact) mass is 247 g/mol. The highest BCUT2D eigenvalue weighted by Gasteiger charge is 2.18. The summed E-state index contributed by atoms with van der Waals surface area (Å²) in [5.41, 5.74) is 1.06. The maximum Gasteiger partial charge on any atom is 0.310 e. The van der Waals surface area contributed by atoms with E-state index in [0.717, 1.165) is 5.56 Å². The van der Waals surface area contributed by atoms with Crippen LogP contribution >= 0.6 is 0 Å². The maximum absolute atomic E-state index is 11.7. The molecule has 0 fully saturated rings. The van der Waals surface area contributed by atoms with Crippen molar-refractivity contribution < 1.29 is 9.53 Å². The van der Waals surface area contributed by atoms with E-state index in [1.807, 2.05) is 0 Å². The van der Waals surface area contributed by atoms with Gasteiger partial charge in [0.25, 0.3) is 0 Å². The van der Waals surface area contributed by atoms with Gasteiger partial charge in [0.1, 0.15) is 11.3 Å². The first-order valence-electron chi connectivity index (χ1n) is 5.66. The highest BCUT2D eigenvalue weighted by atomic mass is 16.6. The van der Waals surface area contributed by atoms with Crippen LogP contribution in [-0.2, 0) is 16.0 Å². The van der Waals surface area contributed by atoms with E-state index in [1.165, 1.54) is 0 Å². The van der Waals surface area contributed by atoms with Gasteiger partial charge in [0.2, 0.25) is 0 Å². The second-order valence-electron chi connectivity index (χ2n) is 4.95. The number of hydrogen-bond acceptors (Lipinski definition) is 4. The Morgan fingerprint density at radius 3 is 2.61 bits per heavy atom. The molecular weight excluding hydrogens is 230 g/mol. The van der Waals surface area contributed by atoms with Crippen molar-refractivity contribution in [3.8, 4) is 0 Å². The molecule has 0 N–H and O–H groups in total. The van der Waals surface area contributed by atoms with Crippen LogP contribution in [-0.4, -0.2) is 11.6 Å². The topological polar surface area (TPSA) is 55.7 Å². The van der Waals surface area contributed by atoms with Crippen molar-refractivity contribution in [2.45, 2.75) is 32.8 Å². The minimum Gasteiger partial charge on any atom is -0.460 e. The molecule has 0 unspecified atom stereocenters. The van der Waals surface area contributed by atoms with Crippen molar-refractivity contribution in [2.24, 2.45) is 5.18 Å². The molecule has 0 aromatic heterocycles. The fourth-order valence-corrected chi connectivity index (χ4v) is 1.48. The molecule has 18 heavy (non-hydrogen) atoms. The largest absolute Gasteiger partial charge is 0.460 e. The van der Waals surface area contributed by atoms with Crippen LogP contribution in [0.3, 0.4) is 0 Å². The normalized spacial score (nSPS) is 10.8. The van der Waals surface area contributed by atoms with Crippen LogP contribution in [0.5, 0.6) is 0 Å². The van der Waals surface area contributed by atoms with E-state index in [1.54, 1.807) is 45.0 Å². The molecule has 1 aromatic rings. The number of carbonyl (C=O) groups excluding carboxylic acids is 1. The summed E-state index contributed by atoms with van der Waals surface area (Å²) in [7, 11) is 0. The Hall–Kier alpha value is -1.97. The lowest BCUT2D eigenvalue weighted by atomic mass is 10.1. The number of esters is 1. The molecule has 0 atom stereocenters. The number of nitrogens with zero attached hydrogens (tertiary/aromatic N) is 1. The third kappa shape index (κ3) is 4.13. The van der Waals surface area contributed by atoms with Crippen molar-refractivity contribution in [1.29, 1.82) is 0 Å². The molecule has 0 aliphatic carbocycles. The Kier molecular flexibility index (Phi) is 4.37. The number of benzene rings is 1. The minimum absolute atomic E-state index is 0.0375. The van der Waals surface area contributed by atoms with Gasteiger partial charge in [0.05, 0.1) is 6.42 Å². The van der Waals surface area contributed by atoms with Crippen LogP contribution in [0.25, 0.3) is 6.08 Å². The lowest BCUT2D eigenvalue weighted by Crippen LogP contribution is -2.24. The third-order valence-corrected chi connectivity index (χ3v) is 2.20.